The summed E-state index contributed by atoms with van der Waals surface area (Å²) in [6, 6.07) is 13.2. The van der Waals surface area contributed by atoms with Crippen LogP contribution in [0, 0.1) is 0 Å². The van der Waals surface area contributed by atoms with Gasteiger partial charge >= 0.3 is 0 Å². The minimum Gasteiger partial charge on any atom is -0.506 e. The van der Waals surface area contributed by atoms with Crippen LogP contribution in [0.4, 0.5) is 5.69 Å². The third kappa shape index (κ3) is 4.18. The van der Waals surface area contributed by atoms with Crippen LogP contribution in [0.5, 0.6) is 5.75 Å². The van der Waals surface area contributed by atoms with E-state index in [0.29, 0.717) is 18.2 Å². The Labute approximate surface area is 185 Å². The molecule has 0 radical (unpaired) electrons. The number of hydrogen-bond acceptors (Lipinski definition) is 6. The van der Waals surface area contributed by atoms with E-state index < -0.39 is 15.9 Å². The van der Waals surface area contributed by atoms with Crippen LogP contribution < -0.4 is 5.32 Å². The van der Waals surface area contributed by atoms with Crippen LogP contribution in [0.25, 0.3) is 5.69 Å². The van der Waals surface area contributed by atoms with E-state index in [-0.39, 0.29) is 22.0 Å². The molecule has 10 heteroatoms. The minimum atomic E-state index is -3.68. The number of benzene rings is 2. The number of aromatic nitrogens is 2. The Bertz CT molecular complexity index is 1200. The van der Waals surface area contributed by atoms with Crippen LogP contribution in [0.1, 0.15) is 23.3 Å². The first kappa shape index (κ1) is 21.4. The van der Waals surface area contributed by atoms with E-state index in [1.807, 2.05) is 36.6 Å². The number of nitrogens with one attached hydrogen (secondary N) is 1. The Morgan fingerprint density at radius 3 is 2.52 bits per heavy atom. The highest BCUT2D eigenvalue weighted by molar-refractivity contribution is 7.98. The van der Waals surface area contributed by atoms with Gasteiger partial charge < -0.3 is 10.4 Å². The molecule has 1 fully saturated rings. The molecule has 0 saturated carbocycles. The molecule has 1 saturated heterocycles. The Morgan fingerprint density at radius 2 is 1.84 bits per heavy atom. The van der Waals surface area contributed by atoms with E-state index in [4.69, 9.17) is 0 Å². The number of phenols is 1. The van der Waals surface area contributed by atoms with Gasteiger partial charge in [0.2, 0.25) is 10.0 Å². The summed E-state index contributed by atoms with van der Waals surface area (Å²) in [5, 5.41) is 13.5. The third-order valence-corrected chi connectivity index (χ3v) is 7.63. The average molecular weight is 459 g/mol. The molecule has 2 N–H and O–H groups in total. The number of para-hydroxylation sites is 1. The number of carbonyl (C=O) groups excluding carboxylic acids is 1. The first-order chi connectivity index (χ1) is 14.9. The van der Waals surface area contributed by atoms with Gasteiger partial charge in [0.05, 0.1) is 16.8 Å². The topological polar surface area (TPSA) is 105 Å². The fourth-order valence-electron chi connectivity index (χ4n) is 3.51. The molecule has 31 heavy (non-hydrogen) atoms. The number of rotatable bonds is 6. The van der Waals surface area contributed by atoms with Crippen molar-refractivity contribution in [1.82, 2.24) is 13.9 Å². The normalized spacial score (nSPS) is 14.6. The second-order valence-corrected chi connectivity index (χ2v) is 9.76. The third-order valence-electron chi connectivity index (χ3n) is 5.08. The van der Waals surface area contributed by atoms with Crippen molar-refractivity contribution < 1.29 is 18.3 Å². The van der Waals surface area contributed by atoms with Gasteiger partial charge in [-0.05, 0) is 49.4 Å². The van der Waals surface area contributed by atoms with Crippen LogP contribution in [-0.4, -0.2) is 52.6 Å². The van der Waals surface area contributed by atoms with Gasteiger partial charge in [0.15, 0.2) is 5.16 Å². The van der Waals surface area contributed by atoms with Gasteiger partial charge in [0.1, 0.15) is 11.4 Å². The van der Waals surface area contributed by atoms with Crippen molar-refractivity contribution in [2.24, 2.45) is 0 Å². The van der Waals surface area contributed by atoms with Gasteiger partial charge in [-0.15, -0.1) is 0 Å². The molecule has 0 spiro atoms. The maximum atomic E-state index is 13.1. The highest BCUT2D eigenvalue weighted by atomic mass is 32.2. The largest absolute Gasteiger partial charge is 0.506 e. The summed E-state index contributed by atoms with van der Waals surface area (Å²) in [4.78, 5) is 17.4. The van der Waals surface area contributed by atoms with E-state index in [1.54, 1.807) is 4.57 Å². The van der Waals surface area contributed by atoms with Crippen molar-refractivity contribution in [2.75, 3.05) is 24.7 Å². The molecule has 3 aromatic rings. The average Bonchev–Trinajstić information content (AvgIpc) is 3.46. The SMILES string of the molecule is CSc1ncc(C(=O)Nc2cc(S(=O)(=O)N3CCCC3)ccc2O)n1-c1ccccc1. The van der Waals surface area contributed by atoms with Gasteiger partial charge in [-0.25, -0.2) is 13.4 Å². The standard InChI is InChI=1S/C21H22N4O4S2/c1-30-21-22-14-18(25(21)15-7-3-2-4-8-15)20(27)23-17-13-16(9-10-19(17)26)31(28,29)24-11-5-6-12-24/h2-4,7-10,13-14,26H,5-6,11-12H2,1H3,(H,23,27). The summed E-state index contributed by atoms with van der Waals surface area (Å²) >= 11 is 1.40. The summed E-state index contributed by atoms with van der Waals surface area (Å²) in [6.07, 6.45) is 4.96. The van der Waals surface area contributed by atoms with Gasteiger partial charge in [0.25, 0.3) is 5.91 Å². The van der Waals surface area contributed by atoms with E-state index in [0.717, 1.165) is 18.5 Å². The first-order valence-electron chi connectivity index (χ1n) is 9.73. The van der Waals surface area contributed by atoms with Gasteiger partial charge in [-0.3, -0.25) is 9.36 Å². The summed E-state index contributed by atoms with van der Waals surface area (Å²) in [5.74, 6) is -0.729. The molecule has 1 amide bonds. The molecule has 4 rings (SSSR count). The number of aromatic hydroxyl groups is 1. The Kier molecular flexibility index (Phi) is 6.03. The molecular weight excluding hydrogens is 436 g/mol. The number of phenolic OH excluding ortho intramolecular Hbond substituents is 1. The smallest absolute Gasteiger partial charge is 0.274 e. The number of amides is 1. The van der Waals surface area contributed by atoms with Crippen molar-refractivity contribution in [3.05, 3.63) is 60.4 Å². The van der Waals surface area contributed by atoms with Gasteiger partial charge in [0, 0.05) is 18.8 Å². The number of sulfonamides is 1. The zero-order valence-electron chi connectivity index (χ0n) is 16.9. The van der Waals surface area contributed by atoms with E-state index in [9.17, 15) is 18.3 Å². The summed E-state index contributed by atoms with van der Waals surface area (Å²) in [5.41, 5.74) is 1.06. The zero-order valence-corrected chi connectivity index (χ0v) is 18.5. The molecule has 2 aromatic carbocycles. The summed E-state index contributed by atoms with van der Waals surface area (Å²) < 4.78 is 28.8. The maximum Gasteiger partial charge on any atom is 0.274 e. The predicted octanol–water partition coefficient (Wildman–Crippen LogP) is 3.34. The molecule has 1 aliphatic rings. The molecule has 1 aliphatic heterocycles. The van der Waals surface area contributed by atoms with Crippen molar-refractivity contribution in [1.29, 1.82) is 0 Å². The van der Waals surface area contributed by atoms with Crippen LogP contribution in [0.15, 0.2) is 64.8 Å². The van der Waals surface area contributed by atoms with E-state index >= 15 is 0 Å². The summed E-state index contributed by atoms with van der Waals surface area (Å²) in [6.45, 7) is 0.942. The Balaban J connectivity index is 1.66. The summed E-state index contributed by atoms with van der Waals surface area (Å²) in [7, 11) is -3.68. The lowest BCUT2D eigenvalue weighted by molar-refractivity contribution is 0.101. The molecular formula is C21H22N4O4S2. The molecule has 2 heterocycles. The van der Waals surface area contributed by atoms with Gasteiger partial charge in [-0.2, -0.15) is 4.31 Å². The molecule has 8 nitrogen and oxygen atoms in total. The fraction of sp³-hybridized carbons (Fsp3) is 0.238. The maximum absolute atomic E-state index is 13.1. The van der Waals surface area contributed by atoms with Crippen LogP contribution in [0.2, 0.25) is 0 Å². The number of imidazole rings is 1. The molecule has 162 valence electrons. The number of thioether (sulfide) groups is 1. The molecule has 0 unspecified atom stereocenters. The predicted molar refractivity (Wildman–Crippen MR) is 119 cm³/mol. The number of hydrogen-bond donors (Lipinski definition) is 2. The lowest BCUT2D eigenvalue weighted by Gasteiger charge is -2.17. The fourth-order valence-corrected chi connectivity index (χ4v) is 5.59. The quantitative estimate of drug-likeness (QED) is 0.434. The number of carbonyl (C=O) groups is 1. The minimum absolute atomic E-state index is 0.0248. The monoisotopic (exact) mass is 458 g/mol. The number of anilines is 1. The Morgan fingerprint density at radius 1 is 1.13 bits per heavy atom. The second kappa shape index (κ2) is 8.74. The van der Waals surface area contributed by atoms with E-state index in [1.165, 1.54) is 40.5 Å². The molecule has 1 aromatic heterocycles. The molecule has 0 aliphatic carbocycles. The van der Waals surface area contributed by atoms with Crippen LogP contribution in [-0.2, 0) is 10.0 Å². The Hall–Kier alpha value is -2.82. The molecule has 0 atom stereocenters. The lowest BCUT2D eigenvalue weighted by Crippen LogP contribution is -2.28. The highest BCUT2D eigenvalue weighted by Gasteiger charge is 2.28. The van der Waals surface area contributed by atoms with Crippen molar-refractivity contribution >= 4 is 33.4 Å². The second-order valence-electron chi connectivity index (χ2n) is 7.05. The van der Waals surface area contributed by atoms with Crippen LogP contribution in [0.3, 0.4) is 0 Å². The lowest BCUT2D eigenvalue weighted by atomic mass is 10.2. The van der Waals surface area contributed by atoms with Crippen molar-refractivity contribution in [3.63, 3.8) is 0 Å². The van der Waals surface area contributed by atoms with Crippen molar-refractivity contribution in [3.8, 4) is 11.4 Å². The van der Waals surface area contributed by atoms with Crippen molar-refractivity contribution in [2.45, 2.75) is 22.9 Å². The van der Waals surface area contributed by atoms with Crippen LogP contribution >= 0.6 is 11.8 Å². The van der Waals surface area contributed by atoms with Gasteiger partial charge in [-0.1, -0.05) is 30.0 Å². The highest BCUT2D eigenvalue weighted by Crippen LogP contribution is 2.30. The first-order valence-corrected chi connectivity index (χ1v) is 12.4. The van der Waals surface area contributed by atoms with E-state index in [2.05, 4.69) is 10.3 Å². The molecule has 0 bridgehead atoms. The zero-order chi connectivity index (χ0) is 22.0. The number of nitrogens with zero attached hydrogens (tertiary/aromatic N) is 3.